The first-order chi connectivity index (χ1) is 20.5. The van der Waals surface area contributed by atoms with Gasteiger partial charge in [-0.15, -0.1) is 0 Å². The number of nitrogen functional groups attached to an aromatic ring is 1. The molecule has 4 N–H and O–H groups in total. The van der Waals surface area contributed by atoms with Crippen molar-refractivity contribution < 1.29 is 14.6 Å². The number of aliphatic carboxylic acids is 1. The Morgan fingerprint density at radius 2 is 1.69 bits per heavy atom. The molecule has 2 fully saturated rings. The molecule has 4 aromatic rings. The summed E-state index contributed by atoms with van der Waals surface area (Å²) in [6, 6.07) is 17.6. The molecule has 1 aliphatic heterocycles. The minimum Gasteiger partial charge on any atom is -0.478 e. The second-order valence-corrected chi connectivity index (χ2v) is 11.3. The van der Waals surface area contributed by atoms with Crippen molar-refractivity contribution in [3.05, 3.63) is 60.9 Å². The first-order valence-corrected chi connectivity index (χ1v) is 14.7. The fourth-order valence-electron chi connectivity index (χ4n) is 6.11. The van der Waals surface area contributed by atoms with Gasteiger partial charge in [-0.1, -0.05) is 30.3 Å². The quantitative estimate of drug-likeness (QED) is 0.273. The predicted octanol–water partition coefficient (Wildman–Crippen LogP) is 3.75. The summed E-state index contributed by atoms with van der Waals surface area (Å²) in [4.78, 5) is 25.7. The van der Waals surface area contributed by atoms with Gasteiger partial charge in [-0.3, -0.25) is 4.90 Å². The highest BCUT2D eigenvalue weighted by molar-refractivity contribution is 5.98. The Bertz CT molecular complexity index is 1490. The van der Waals surface area contributed by atoms with E-state index in [1.54, 1.807) is 12.1 Å². The van der Waals surface area contributed by atoms with E-state index < -0.39 is 12.1 Å². The van der Waals surface area contributed by atoms with Crippen LogP contribution >= 0.6 is 0 Å². The zero-order valence-electron chi connectivity index (χ0n) is 23.9. The number of nitrogens with zero attached hydrogens (tertiary/aromatic N) is 6. The summed E-state index contributed by atoms with van der Waals surface area (Å²) in [7, 11) is 2.20. The molecule has 220 valence electrons. The lowest BCUT2D eigenvalue weighted by Gasteiger charge is -2.41. The molecule has 2 aliphatic rings. The average molecular weight is 571 g/mol. The van der Waals surface area contributed by atoms with E-state index in [0.29, 0.717) is 17.6 Å². The van der Waals surface area contributed by atoms with Crippen LogP contribution in [-0.2, 0) is 4.79 Å². The predicted molar refractivity (Wildman–Crippen MR) is 163 cm³/mol. The first-order valence-electron chi connectivity index (χ1n) is 14.7. The van der Waals surface area contributed by atoms with E-state index >= 15 is 0 Å². The Labute approximate surface area is 245 Å². The third-order valence-corrected chi connectivity index (χ3v) is 8.53. The Kier molecular flexibility index (Phi) is 8.20. The normalized spacial score (nSPS) is 20.8. The van der Waals surface area contributed by atoms with Gasteiger partial charge in [-0.2, -0.15) is 5.10 Å². The summed E-state index contributed by atoms with van der Waals surface area (Å²) < 4.78 is 7.71. The highest BCUT2D eigenvalue weighted by Gasteiger charge is 2.30. The van der Waals surface area contributed by atoms with Crippen LogP contribution in [0.15, 0.2) is 60.9 Å². The molecule has 0 spiro atoms. The summed E-state index contributed by atoms with van der Waals surface area (Å²) in [6.45, 7) is 4.68. The zero-order chi connectivity index (χ0) is 29.1. The van der Waals surface area contributed by atoms with Crippen LogP contribution in [0.5, 0.6) is 5.75 Å². The lowest BCUT2D eigenvalue weighted by Crippen LogP contribution is -2.49. The van der Waals surface area contributed by atoms with Crippen molar-refractivity contribution in [2.75, 3.05) is 50.8 Å². The minimum atomic E-state index is -1.03. The van der Waals surface area contributed by atoms with Gasteiger partial charge in [-0.05, 0) is 57.0 Å². The molecular weight excluding hydrogens is 532 g/mol. The number of nitrogens with one attached hydrogen (secondary N) is 1. The monoisotopic (exact) mass is 570 g/mol. The van der Waals surface area contributed by atoms with Crippen molar-refractivity contribution in [2.45, 2.75) is 43.9 Å². The lowest BCUT2D eigenvalue weighted by molar-refractivity contribution is -0.144. The van der Waals surface area contributed by atoms with Crippen molar-refractivity contribution in [2.24, 2.45) is 0 Å². The van der Waals surface area contributed by atoms with Gasteiger partial charge in [0.2, 0.25) is 6.10 Å². The number of likely N-dealkylation sites (N-methyl/N-ethyl adjacent to an activating group) is 1. The molecule has 1 saturated carbocycles. The number of benzene rings is 2. The molecule has 42 heavy (non-hydrogen) atoms. The molecule has 1 saturated heterocycles. The minimum absolute atomic E-state index is 0.110. The largest absolute Gasteiger partial charge is 0.478 e. The maximum Gasteiger partial charge on any atom is 0.346 e. The number of aromatic nitrogens is 4. The molecule has 11 heteroatoms. The lowest BCUT2D eigenvalue weighted by atomic mass is 9.90. The second-order valence-electron chi connectivity index (χ2n) is 11.3. The SMILES string of the molecule is CN1CCN(C2CCC(n3nc(-c4ccc(NCC(Oc5ccccc5)C(=O)O)cc4)c4c(N)ncnc43)CC2)CC1. The molecule has 0 amide bonds. The van der Waals surface area contributed by atoms with E-state index in [2.05, 4.69) is 36.8 Å². The molecule has 2 aromatic heterocycles. The number of hydrogen-bond acceptors (Lipinski definition) is 9. The number of carbonyl (C=O) groups is 1. The van der Waals surface area contributed by atoms with Crippen LogP contribution in [-0.4, -0.2) is 92.5 Å². The van der Waals surface area contributed by atoms with Crippen molar-refractivity contribution in [1.82, 2.24) is 29.5 Å². The number of hydrogen-bond donors (Lipinski definition) is 3. The van der Waals surface area contributed by atoms with Gasteiger partial charge in [0.05, 0.1) is 18.0 Å². The standard InChI is InChI=1S/C31H38N8O3/c1-37-15-17-38(18-16-37)23-11-13-24(14-12-23)39-30-27(29(32)34-20-35-30)28(36-39)21-7-9-22(10-8-21)33-19-26(31(40)41)42-25-5-3-2-4-6-25/h2-10,20,23-24,26,33H,11-19H2,1H3,(H,40,41)(H2,32,34,35). The summed E-state index contributed by atoms with van der Waals surface area (Å²) in [6.07, 6.45) is 4.88. The number of carboxylic acid groups (broad SMARTS) is 1. The molecular formula is C31H38N8O3. The molecule has 11 nitrogen and oxygen atoms in total. The van der Waals surface area contributed by atoms with Crippen LogP contribution in [0.2, 0.25) is 0 Å². The number of nitrogens with two attached hydrogens (primary N) is 1. The fraction of sp³-hybridized carbons (Fsp3) is 0.419. The van der Waals surface area contributed by atoms with E-state index in [9.17, 15) is 9.90 Å². The van der Waals surface area contributed by atoms with Gasteiger partial charge in [0.1, 0.15) is 23.6 Å². The highest BCUT2D eigenvalue weighted by atomic mass is 16.5. The Hall–Kier alpha value is -4.22. The molecule has 3 heterocycles. The van der Waals surface area contributed by atoms with Crippen molar-refractivity contribution >= 4 is 28.5 Å². The van der Waals surface area contributed by atoms with E-state index in [-0.39, 0.29) is 12.6 Å². The van der Waals surface area contributed by atoms with E-state index in [1.165, 1.54) is 6.33 Å². The van der Waals surface area contributed by atoms with Crippen molar-refractivity contribution in [3.8, 4) is 17.0 Å². The van der Waals surface area contributed by atoms with Crippen LogP contribution in [0.4, 0.5) is 11.5 Å². The van der Waals surface area contributed by atoms with E-state index in [1.807, 2.05) is 42.5 Å². The van der Waals surface area contributed by atoms with E-state index in [0.717, 1.165) is 79.8 Å². The van der Waals surface area contributed by atoms with Gasteiger partial charge in [0.25, 0.3) is 0 Å². The van der Waals surface area contributed by atoms with Crippen molar-refractivity contribution in [3.63, 3.8) is 0 Å². The Morgan fingerprint density at radius 1 is 1.00 bits per heavy atom. The fourth-order valence-corrected chi connectivity index (χ4v) is 6.11. The number of rotatable bonds is 9. The smallest absolute Gasteiger partial charge is 0.346 e. The molecule has 0 radical (unpaired) electrons. The number of para-hydroxylation sites is 1. The summed E-state index contributed by atoms with van der Waals surface area (Å²) >= 11 is 0. The van der Waals surface area contributed by atoms with Gasteiger partial charge < -0.3 is 25.8 Å². The summed E-state index contributed by atoms with van der Waals surface area (Å²) in [5.74, 6) is -0.109. The van der Waals surface area contributed by atoms with Gasteiger partial charge in [0.15, 0.2) is 5.65 Å². The average Bonchev–Trinajstić information content (AvgIpc) is 3.41. The zero-order valence-corrected chi connectivity index (χ0v) is 23.9. The molecule has 1 aliphatic carbocycles. The molecule has 0 bridgehead atoms. The highest BCUT2D eigenvalue weighted by Crippen LogP contribution is 2.37. The summed E-state index contributed by atoms with van der Waals surface area (Å²) in [5.41, 5.74) is 9.57. The topological polar surface area (TPSA) is 135 Å². The Balaban J connectivity index is 1.16. The van der Waals surface area contributed by atoms with E-state index in [4.69, 9.17) is 15.6 Å². The van der Waals surface area contributed by atoms with Crippen LogP contribution in [0.1, 0.15) is 31.7 Å². The molecule has 1 atom stereocenters. The number of ether oxygens (including phenoxy) is 1. The van der Waals surface area contributed by atoms with Gasteiger partial charge in [-0.25, -0.2) is 19.4 Å². The van der Waals surface area contributed by atoms with Crippen molar-refractivity contribution in [1.29, 1.82) is 0 Å². The van der Waals surface area contributed by atoms with Crippen LogP contribution in [0.25, 0.3) is 22.3 Å². The second kappa shape index (κ2) is 12.3. The van der Waals surface area contributed by atoms with Crippen LogP contribution < -0.4 is 15.8 Å². The number of carboxylic acids is 1. The van der Waals surface area contributed by atoms with Gasteiger partial charge in [0, 0.05) is 43.5 Å². The first kappa shape index (κ1) is 27.9. The number of piperazine rings is 1. The van der Waals surface area contributed by atoms with Gasteiger partial charge >= 0.3 is 5.97 Å². The maximum atomic E-state index is 11.8. The van der Waals surface area contributed by atoms with Crippen LogP contribution in [0, 0.1) is 0 Å². The third-order valence-electron chi connectivity index (χ3n) is 8.53. The third kappa shape index (κ3) is 6.02. The Morgan fingerprint density at radius 3 is 2.38 bits per heavy atom. The van der Waals surface area contributed by atoms with Crippen LogP contribution in [0.3, 0.4) is 0 Å². The molecule has 1 unspecified atom stereocenters. The number of anilines is 2. The summed E-state index contributed by atoms with van der Waals surface area (Å²) in [5, 5.41) is 18.6. The number of fused-ring (bicyclic) bond motifs is 1. The molecule has 6 rings (SSSR count). The molecule has 2 aromatic carbocycles. The maximum absolute atomic E-state index is 11.8.